The smallest absolute Gasteiger partial charge is 0.332 e. The summed E-state index contributed by atoms with van der Waals surface area (Å²) in [6.07, 6.45) is 0.554. The van der Waals surface area contributed by atoms with Crippen molar-refractivity contribution in [3.63, 3.8) is 0 Å². The third-order valence-corrected chi connectivity index (χ3v) is 1.23. The van der Waals surface area contributed by atoms with Crippen LogP contribution in [0.25, 0.3) is 0 Å². The first-order chi connectivity index (χ1) is 7.87. The highest BCUT2D eigenvalue weighted by atomic mass is 16.7. The molecule has 0 aliphatic heterocycles. The molecule has 0 aromatic carbocycles. The van der Waals surface area contributed by atoms with E-state index in [9.17, 15) is 9.59 Å². The van der Waals surface area contributed by atoms with Gasteiger partial charge in [-0.2, -0.15) is 0 Å². The molecule has 0 aliphatic rings. The number of carbonyl (C=O) groups excluding carboxylic acids is 2. The molecule has 0 aliphatic carbocycles. The van der Waals surface area contributed by atoms with Crippen LogP contribution in [-0.4, -0.2) is 36.7 Å². The first-order valence-electron chi connectivity index (χ1n) is 4.74. The second-order valence-electron chi connectivity index (χ2n) is 2.68. The quantitative estimate of drug-likeness (QED) is 0.438. The van der Waals surface area contributed by atoms with Crippen LogP contribution in [0.1, 0.15) is 13.8 Å². The normalized spacial score (nSPS) is 12.2. The number of hydrogen-bond acceptors (Lipinski definition) is 6. The van der Waals surface area contributed by atoms with Gasteiger partial charge in [-0.15, -0.1) is 0 Å². The van der Waals surface area contributed by atoms with E-state index in [1.54, 1.807) is 6.92 Å². The van der Waals surface area contributed by atoms with Crippen molar-refractivity contribution in [1.29, 1.82) is 0 Å². The zero-order valence-corrected chi connectivity index (χ0v) is 10.2. The van der Waals surface area contributed by atoms with Gasteiger partial charge in [0, 0.05) is 19.3 Å². The Hall–Kier alpha value is -1.66. The zero-order valence-electron chi connectivity index (χ0n) is 10.2. The summed E-state index contributed by atoms with van der Waals surface area (Å²) in [5, 5.41) is 8.36. The van der Waals surface area contributed by atoms with Crippen LogP contribution in [-0.2, 0) is 23.8 Å². The maximum Gasteiger partial charge on any atom is 0.332 e. The Bertz CT molecular complexity index is 259. The second-order valence-corrected chi connectivity index (χ2v) is 2.68. The molecule has 0 rings (SSSR count). The number of esters is 2. The van der Waals surface area contributed by atoms with Crippen molar-refractivity contribution in [2.24, 2.45) is 0 Å². The van der Waals surface area contributed by atoms with Crippen molar-refractivity contribution in [2.45, 2.75) is 26.4 Å². The van der Waals surface area contributed by atoms with Gasteiger partial charge in [0.25, 0.3) is 0 Å². The van der Waals surface area contributed by atoms with Gasteiger partial charge in [0.1, 0.15) is 0 Å². The molecule has 98 valence electrons. The number of aliphatic hydroxyl groups excluding tert-OH is 1. The Kier molecular flexibility index (Phi) is 11.3. The summed E-state index contributed by atoms with van der Waals surface area (Å²) in [4.78, 5) is 20.5. The topological polar surface area (TPSA) is 82.1 Å². The summed E-state index contributed by atoms with van der Waals surface area (Å²) in [6, 6.07) is 0. The molecule has 0 radical (unpaired) electrons. The standard InChI is InChI=1S/C6H10O3.C5H8O3/c1-4-6(7)9-5(2)8-3;1-3-5(7)8-4(2)6/h4-5H,1H2,2-3H3;3-4,6H,1H2,2H3. The van der Waals surface area contributed by atoms with E-state index < -0.39 is 24.5 Å². The van der Waals surface area contributed by atoms with Crippen LogP contribution in [0, 0.1) is 0 Å². The SMILES string of the molecule is C=CC(=O)OC(C)O.C=CC(=O)OC(C)OC. The number of hydrogen-bond donors (Lipinski definition) is 1. The van der Waals surface area contributed by atoms with Gasteiger partial charge in [0.15, 0.2) is 12.6 Å². The Labute approximate surface area is 100 Å². The summed E-state index contributed by atoms with van der Waals surface area (Å²) in [5.74, 6) is -1.08. The zero-order chi connectivity index (χ0) is 13.8. The minimum Gasteiger partial charge on any atom is -0.433 e. The fourth-order valence-corrected chi connectivity index (χ4v) is 0.476. The maximum absolute atomic E-state index is 10.4. The molecule has 0 amide bonds. The van der Waals surface area contributed by atoms with Gasteiger partial charge in [-0.1, -0.05) is 13.2 Å². The van der Waals surface area contributed by atoms with E-state index in [-0.39, 0.29) is 0 Å². The minimum atomic E-state index is -1.04. The average Bonchev–Trinajstić information content (AvgIpc) is 2.28. The van der Waals surface area contributed by atoms with E-state index >= 15 is 0 Å². The molecule has 6 heteroatoms. The van der Waals surface area contributed by atoms with Gasteiger partial charge in [-0.25, -0.2) is 9.59 Å². The van der Waals surface area contributed by atoms with E-state index in [2.05, 4.69) is 27.4 Å². The van der Waals surface area contributed by atoms with Crippen LogP contribution in [0.3, 0.4) is 0 Å². The molecule has 17 heavy (non-hydrogen) atoms. The number of carbonyl (C=O) groups is 2. The molecule has 6 nitrogen and oxygen atoms in total. The Balaban J connectivity index is 0. The molecule has 1 N–H and O–H groups in total. The van der Waals surface area contributed by atoms with Crippen LogP contribution in [0.2, 0.25) is 0 Å². The van der Waals surface area contributed by atoms with Crippen molar-refractivity contribution in [3.8, 4) is 0 Å². The van der Waals surface area contributed by atoms with Crippen LogP contribution in [0.4, 0.5) is 0 Å². The predicted octanol–water partition coefficient (Wildman–Crippen LogP) is 0.762. The first-order valence-corrected chi connectivity index (χ1v) is 4.74. The highest BCUT2D eigenvalue weighted by Crippen LogP contribution is 1.90. The molecule has 2 unspecified atom stereocenters. The molecule has 0 heterocycles. The van der Waals surface area contributed by atoms with Crippen LogP contribution in [0.5, 0.6) is 0 Å². The Morgan fingerprint density at radius 1 is 1.12 bits per heavy atom. The van der Waals surface area contributed by atoms with Crippen LogP contribution in [0.15, 0.2) is 25.3 Å². The number of rotatable bonds is 5. The average molecular weight is 246 g/mol. The molecular weight excluding hydrogens is 228 g/mol. The lowest BCUT2D eigenvalue weighted by Crippen LogP contribution is -2.14. The summed E-state index contributed by atoms with van der Waals surface area (Å²) in [5.41, 5.74) is 0. The number of aliphatic hydroxyl groups is 1. The summed E-state index contributed by atoms with van der Waals surface area (Å²) in [7, 11) is 1.46. The molecule has 0 spiro atoms. The molecule has 0 bridgehead atoms. The Morgan fingerprint density at radius 2 is 1.53 bits per heavy atom. The molecule has 0 saturated heterocycles. The maximum atomic E-state index is 10.4. The third kappa shape index (κ3) is 14.3. The fourth-order valence-electron chi connectivity index (χ4n) is 0.476. The van der Waals surface area contributed by atoms with E-state index in [0.717, 1.165) is 12.2 Å². The lowest BCUT2D eigenvalue weighted by molar-refractivity contribution is -0.163. The molecule has 0 fully saturated rings. The lowest BCUT2D eigenvalue weighted by atomic mass is 10.6. The third-order valence-electron chi connectivity index (χ3n) is 1.23. The molecule has 0 aromatic rings. The highest BCUT2D eigenvalue weighted by Gasteiger charge is 2.01. The van der Waals surface area contributed by atoms with Gasteiger partial charge >= 0.3 is 11.9 Å². The largest absolute Gasteiger partial charge is 0.433 e. The number of ether oxygens (including phenoxy) is 3. The molecule has 0 aromatic heterocycles. The Morgan fingerprint density at radius 3 is 1.76 bits per heavy atom. The van der Waals surface area contributed by atoms with E-state index in [4.69, 9.17) is 5.11 Å². The summed E-state index contributed by atoms with van der Waals surface area (Å²) < 4.78 is 13.4. The van der Waals surface area contributed by atoms with Gasteiger partial charge in [-0.05, 0) is 13.8 Å². The number of methoxy groups -OCH3 is 1. The monoisotopic (exact) mass is 246 g/mol. The van der Waals surface area contributed by atoms with Gasteiger partial charge in [-0.3, -0.25) is 0 Å². The van der Waals surface area contributed by atoms with Gasteiger partial charge in [0.2, 0.25) is 0 Å². The minimum absolute atomic E-state index is 0.468. The van der Waals surface area contributed by atoms with Crippen LogP contribution < -0.4 is 0 Å². The predicted molar refractivity (Wildman–Crippen MR) is 60.7 cm³/mol. The van der Waals surface area contributed by atoms with Crippen molar-refractivity contribution in [2.75, 3.05) is 7.11 Å². The van der Waals surface area contributed by atoms with Crippen molar-refractivity contribution >= 4 is 11.9 Å². The van der Waals surface area contributed by atoms with Gasteiger partial charge < -0.3 is 19.3 Å². The van der Waals surface area contributed by atoms with E-state index in [1.807, 2.05) is 0 Å². The van der Waals surface area contributed by atoms with Crippen molar-refractivity contribution in [1.82, 2.24) is 0 Å². The van der Waals surface area contributed by atoms with Crippen molar-refractivity contribution < 1.29 is 28.9 Å². The summed E-state index contributed by atoms with van der Waals surface area (Å²) in [6.45, 7) is 9.32. The highest BCUT2D eigenvalue weighted by molar-refractivity contribution is 5.81. The lowest BCUT2D eigenvalue weighted by Gasteiger charge is -2.07. The molecule has 0 saturated carbocycles. The van der Waals surface area contributed by atoms with Crippen molar-refractivity contribution in [3.05, 3.63) is 25.3 Å². The second kappa shape index (κ2) is 10.8. The molecule has 2 atom stereocenters. The van der Waals surface area contributed by atoms with Gasteiger partial charge in [0.05, 0.1) is 0 Å². The van der Waals surface area contributed by atoms with E-state index in [0.29, 0.717) is 0 Å². The van der Waals surface area contributed by atoms with E-state index in [1.165, 1.54) is 14.0 Å². The fraction of sp³-hybridized carbons (Fsp3) is 0.455. The van der Waals surface area contributed by atoms with Crippen LogP contribution >= 0.6 is 0 Å². The summed E-state index contributed by atoms with van der Waals surface area (Å²) >= 11 is 0. The molecular formula is C11H18O6. The first kappa shape index (κ1) is 17.7.